The Bertz CT molecular complexity index is 1420. The zero-order valence-electron chi connectivity index (χ0n) is 19.5. The summed E-state index contributed by atoms with van der Waals surface area (Å²) in [5, 5.41) is 28.9. The highest BCUT2D eigenvalue weighted by Gasteiger charge is 2.20. The average molecular weight is 637 g/mol. The first kappa shape index (κ1) is 29.3. The van der Waals surface area contributed by atoms with Crippen LogP contribution in [-0.2, 0) is 16.0 Å². The van der Waals surface area contributed by atoms with E-state index in [1.807, 2.05) is 12.1 Å². The maximum Gasteiger partial charge on any atom is 0.308 e. The van der Waals surface area contributed by atoms with Crippen LogP contribution in [-0.4, -0.2) is 42.9 Å². The fourth-order valence-electron chi connectivity index (χ4n) is 3.21. The number of hydrogen-bond donors (Lipinski definition) is 3. The standard InChI is InChI=1S/C17H12ClNO3S.C10H8BrClO3/c18-12-5-1-10(2-6-12)16-14(9-15(21)22)23-17(19-16)11-3-7-13(20)8-4-11;11-8(5-9(13)14)10(15)6-1-3-7(12)4-2-6/h1-8,20H,9H2,(H,21,22);1-4,8H,5H2,(H,13,14). The molecule has 0 saturated heterocycles. The first-order valence-corrected chi connectivity index (χ1v) is 13.4. The molecule has 1 aromatic heterocycles. The molecule has 0 bridgehead atoms. The number of aromatic hydroxyl groups is 1. The number of carboxylic acids is 2. The lowest BCUT2D eigenvalue weighted by molar-refractivity contribution is -0.137. The van der Waals surface area contributed by atoms with E-state index < -0.39 is 16.8 Å². The minimum Gasteiger partial charge on any atom is -0.508 e. The number of aliphatic carboxylic acids is 2. The van der Waals surface area contributed by atoms with E-state index in [0.717, 1.165) is 11.1 Å². The van der Waals surface area contributed by atoms with Gasteiger partial charge in [-0.3, -0.25) is 14.4 Å². The third-order valence-electron chi connectivity index (χ3n) is 5.01. The van der Waals surface area contributed by atoms with Crippen molar-refractivity contribution in [2.75, 3.05) is 0 Å². The third-order valence-corrected chi connectivity index (χ3v) is 7.36. The van der Waals surface area contributed by atoms with Gasteiger partial charge in [0, 0.05) is 31.6 Å². The van der Waals surface area contributed by atoms with Gasteiger partial charge in [-0.1, -0.05) is 51.3 Å². The van der Waals surface area contributed by atoms with Crippen molar-refractivity contribution in [3.8, 4) is 27.6 Å². The molecule has 11 heteroatoms. The van der Waals surface area contributed by atoms with Crippen LogP contribution in [0.4, 0.5) is 0 Å². The van der Waals surface area contributed by atoms with Gasteiger partial charge in [0.1, 0.15) is 10.8 Å². The van der Waals surface area contributed by atoms with Crippen molar-refractivity contribution >= 4 is 68.2 Å². The van der Waals surface area contributed by atoms with Crippen molar-refractivity contribution in [2.24, 2.45) is 0 Å². The minimum atomic E-state index is -1.01. The molecule has 1 heterocycles. The number of phenolic OH excluding ortho intramolecular Hbond substituents is 1. The molecule has 0 aliphatic heterocycles. The monoisotopic (exact) mass is 635 g/mol. The van der Waals surface area contributed by atoms with Crippen LogP contribution in [0.1, 0.15) is 21.7 Å². The van der Waals surface area contributed by atoms with E-state index in [9.17, 15) is 19.5 Å². The van der Waals surface area contributed by atoms with Crippen molar-refractivity contribution in [1.82, 2.24) is 4.98 Å². The van der Waals surface area contributed by atoms with Gasteiger partial charge in [-0.25, -0.2) is 4.98 Å². The number of alkyl halides is 1. The summed E-state index contributed by atoms with van der Waals surface area (Å²) in [5.74, 6) is -2.00. The molecule has 38 heavy (non-hydrogen) atoms. The summed E-state index contributed by atoms with van der Waals surface area (Å²) in [6.07, 6.45) is -0.324. The zero-order valence-corrected chi connectivity index (χ0v) is 23.4. The van der Waals surface area contributed by atoms with E-state index in [4.69, 9.17) is 33.4 Å². The fraction of sp³-hybridized carbons (Fsp3) is 0.111. The summed E-state index contributed by atoms with van der Waals surface area (Å²) >= 11 is 15.9. The lowest BCUT2D eigenvalue weighted by atomic mass is 10.1. The highest BCUT2D eigenvalue weighted by Crippen LogP contribution is 2.35. The molecule has 0 aliphatic carbocycles. The third kappa shape index (κ3) is 8.39. The Hall–Kier alpha value is -3.24. The number of carboxylic acid groups (broad SMARTS) is 2. The molecule has 3 aromatic carbocycles. The lowest BCUT2D eigenvalue weighted by Crippen LogP contribution is -2.17. The van der Waals surface area contributed by atoms with Crippen molar-refractivity contribution < 1.29 is 29.7 Å². The second-order valence-electron chi connectivity index (χ2n) is 7.85. The predicted octanol–water partition coefficient (Wildman–Crippen LogP) is 7.22. The van der Waals surface area contributed by atoms with Crippen molar-refractivity contribution in [1.29, 1.82) is 0 Å². The van der Waals surface area contributed by atoms with E-state index in [-0.39, 0.29) is 24.4 Å². The summed E-state index contributed by atoms with van der Waals surface area (Å²) in [7, 11) is 0. The number of aromatic nitrogens is 1. The number of ketones is 1. The van der Waals surface area contributed by atoms with E-state index in [1.165, 1.54) is 11.3 Å². The number of rotatable bonds is 8. The first-order valence-electron chi connectivity index (χ1n) is 11.0. The van der Waals surface area contributed by atoms with Gasteiger partial charge in [0.05, 0.1) is 23.4 Å². The van der Waals surface area contributed by atoms with E-state index in [1.54, 1.807) is 60.7 Å². The van der Waals surface area contributed by atoms with Gasteiger partial charge >= 0.3 is 11.9 Å². The Kier molecular flexibility index (Phi) is 10.4. The maximum atomic E-state index is 11.6. The van der Waals surface area contributed by atoms with Crippen LogP contribution in [0.25, 0.3) is 21.8 Å². The second-order valence-corrected chi connectivity index (χ2v) is 10.9. The largest absolute Gasteiger partial charge is 0.508 e. The van der Waals surface area contributed by atoms with Crippen LogP contribution in [0.15, 0.2) is 72.8 Å². The van der Waals surface area contributed by atoms with Crippen molar-refractivity contribution in [3.63, 3.8) is 0 Å². The van der Waals surface area contributed by atoms with Crippen LogP contribution >= 0.6 is 50.5 Å². The zero-order chi connectivity index (χ0) is 27.8. The number of thiazole rings is 1. The Balaban J connectivity index is 0.000000232. The van der Waals surface area contributed by atoms with Crippen LogP contribution in [0.3, 0.4) is 0 Å². The van der Waals surface area contributed by atoms with Crippen LogP contribution in [0, 0.1) is 0 Å². The molecule has 0 amide bonds. The Morgan fingerprint density at radius 1 is 0.816 bits per heavy atom. The fourth-order valence-corrected chi connectivity index (χ4v) is 5.08. The van der Waals surface area contributed by atoms with Crippen LogP contribution < -0.4 is 0 Å². The molecule has 0 saturated carbocycles. The molecule has 1 atom stereocenters. The maximum absolute atomic E-state index is 11.6. The van der Waals surface area contributed by atoms with Crippen molar-refractivity contribution in [3.05, 3.63) is 93.3 Å². The molecule has 3 N–H and O–H groups in total. The smallest absolute Gasteiger partial charge is 0.308 e. The lowest BCUT2D eigenvalue weighted by Gasteiger charge is -2.05. The molecule has 196 valence electrons. The van der Waals surface area contributed by atoms with E-state index >= 15 is 0 Å². The average Bonchev–Trinajstić information content (AvgIpc) is 3.28. The molecule has 0 radical (unpaired) electrons. The van der Waals surface area contributed by atoms with Crippen LogP contribution in [0.2, 0.25) is 10.0 Å². The minimum absolute atomic E-state index is 0.0896. The summed E-state index contributed by atoms with van der Waals surface area (Å²) in [5.41, 5.74) is 2.76. The molecule has 7 nitrogen and oxygen atoms in total. The number of halogens is 3. The number of phenols is 1. The first-order chi connectivity index (χ1) is 18.0. The highest BCUT2D eigenvalue weighted by molar-refractivity contribution is 9.10. The number of benzene rings is 3. The van der Waals surface area contributed by atoms with Gasteiger partial charge < -0.3 is 15.3 Å². The summed E-state index contributed by atoms with van der Waals surface area (Å²) < 4.78 is 0. The highest BCUT2D eigenvalue weighted by atomic mass is 79.9. The SMILES string of the molecule is O=C(O)CC(Br)C(=O)c1ccc(Cl)cc1.O=C(O)Cc1sc(-c2ccc(O)cc2)nc1-c1ccc(Cl)cc1. The summed E-state index contributed by atoms with van der Waals surface area (Å²) in [6, 6.07) is 20.1. The molecular formula is C27H20BrCl2NO6S. The van der Waals surface area contributed by atoms with Gasteiger partial charge in [-0.05, 0) is 60.7 Å². The molecule has 0 aliphatic rings. The van der Waals surface area contributed by atoms with Crippen LogP contribution in [0.5, 0.6) is 5.75 Å². The van der Waals surface area contributed by atoms with Gasteiger partial charge in [-0.2, -0.15) is 0 Å². The summed E-state index contributed by atoms with van der Waals surface area (Å²) in [6.45, 7) is 0. The normalized spacial score (nSPS) is 11.2. The van der Waals surface area contributed by atoms with Crippen molar-refractivity contribution in [2.45, 2.75) is 17.7 Å². The number of nitrogens with zero attached hydrogens (tertiary/aromatic N) is 1. The topological polar surface area (TPSA) is 125 Å². The molecular weight excluding hydrogens is 617 g/mol. The van der Waals surface area contributed by atoms with Gasteiger partial charge in [0.2, 0.25) is 0 Å². The molecule has 4 aromatic rings. The van der Waals surface area contributed by atoms with Gasteiger partial charge in [-0.15, -0.1) is 11.3 Å². The van der Waals surface area contributed by atoms with E-state index in [0.29, 0.717) is 31.2 Å². The molecule has 0 fully saturated rings. The van der Waals surface area contributed by atoms with E-state index in [2.05, 4.69) is 20.9 Å². The molecule has 0 spiro atoms. The number of hydrogen-bond acceptors (Lipinski definition) is 6. The predicted molar refractivity (Wildman–Crippen MR) is 152 cm³/mol. The number of carbonyl (C=O) groups excluding carboxylic acids is 1. The second kappa shape index (κ2) is 13.5. The Morgan fingerprint density at radius 3 is 1.87 bits per heavy atom. The molecule has 4 rings (SSSR count). The molecule has 1 unspecified atom stereocenters. The Morgan fingerprint density at radius 2 is 1.34 bits per heavy atom. The van der Waals surface area contributed by atoms with Gasteiger partial charge in [0.25, 0.3) is 0 Å². The number of carbonyl (C=O) groups is 3. The number of Topliss-reactive ketones (excluding diaryl/α,β-unsaturated/α-hetero) is 1. The quantitative estimate of drug-likeness (QED) is 0.138. The summed E-state index contributed by atoms with van der Waals surface area (Å²) in [4.78, 5) is 37.7. The Labute approximate surface area is 240 Å². The van der Waals surface area contributed by atoms with Gasteiger partial charge in [0.15, 0.2) is 5.78 Å².